The number of hydrogen-bond acceptors (Lipinski definition) is 0. The molecule has 0 aliphatic heterocycles. The molecule has 0 saturated heterocycles. The van der Waals surface area contributed by atoms with Crippen molar-refractivity contribution in [3.8, 4) is 56.3 Å². The van der Waals surface area contributed by atoms with Crippen LogP contribution in [0.25, 0.3) is 56.3 Å². The van der Waals surface area contributed by atoms with Gasteiger partial charge in [0.25, 0.3) is 0 Å². The molecule has 0 aliphatic carbocycles. The van der Waals surface area contributed by atoms with Gasteiger partial charge in [0.2, 0.25) is 28.5 Å². The molecule has 0 bridgehead atoms. The lowest BCUT2D eigenvalue weighted by Crippen LogP contribution is -2.36. The minimum absolute atomic E-state index is 0.143. The molecular weight excluding hydrogens is 1270 g/mol. The van der Waals surface area contributed by atoms with Crippen LogP contribution in [-0.4, -0.2) is 0 Å². The number of benzene rings is 5. The van der Waals surface area contributed by atoms with Crippen LogP contribution in [0.4, 0.5) is 0 Å². The summed E-state index contributed by atoms with van der Waals surface area (Å²) in [5.41, 5.74) is 30.4. The zero-order valence-electron chi connectivity index (χ0n) is 79.9. The standard InChI is InChI=1S/C22H32N.2C20H28N.2C19H26N/c1-9-22(6,7)18-14-20(17-13-11-10-12-16(17)2)23(8)15-19(18)21(3,4)5;2*1-8-20(5,6)18-13-21(7)19(12-16(18)4)17-10-9-14(2)11-15(17)3;2*1-7-19(4,5)17-13-20(6)18(12-15(17)3)16-11-9-8-10-14(16)2/h10-15H,9H2,1-8H3;2*9-13H,8H2,1-7H3;2*8-13H,7H2,1-6H3/q5*+1/i;2D3,4D3;;3D3;. The smallest absolute Gasteiger partial charge is 0.201 e. The molecule has 0 aliphatic rings. The first-order valence-corrected chi connectivity index (χ1v) is 38.5. The molecule has 5 nitrogen and oxygen atoms in total. The lowest BCUT2D eigenvalue weighted by atomic mass is 9.73. The third kappa shape index (κ3) is 20.7. The number of hydrogen-bond donors (Lipinski definition) is 0. The van der Waals surface area contributed by atoms with Gasteiger partial charge in [0.05, 0.1) is 0 Å². The van der Waals surface area contributed by atoms with Gasteiger partial charge in [-0.3, -0.25) is 0 Å². The molecule has 10 aromatic rings. The second-order valence-corrected chi connectivity index (χ2v) is 34.3. The van der Waals surface area contributed by atoms with Crippen molar-refractivity contribution in [2.75, 3.05) is 0 Å². The van der Waals surface area contributed by atoms with Gasteiger partial charge in [0.15, 0.2) is 31.0 Å². The van der Waals surface area contributed by atoms with Crippen LogP contribution in [0.1, 0.15) is 264 Å². The first kappa shape index (κ1) is 72.4. The van der Waals surface area contributed by atoms with E-state index in [1.165, 1.54) is 89.4 Å². The summed E-state index contributed by atoms with van der Waals surface area (Å²) < 4.78 is 81.5. The molecule has 0 unspecified atom stereocenters. The summed E-state index contributed by atoms with van der Waals surface area (Å²) in [4.78, 5) is 0. The normalized spacial score (nSPS) is 13.5. The van der Waals surface area contributed by atoms with E-state index < -0.39 is 20.6 Å². The molecule has 5 aromatic carbocycles. The topological polar surface area (TPSA) is 19.4 Å². The molecule has 0 spiro atoms. The van der Waals surface area contributed by atoms with E-state index in [0.29, 0.717) is 11.1 Å². The largest absolute Gasteiger partial charge is 0.212 e. The van der Waals surface area contributed by atoms with Crippen molar-refractivity contribution in [1.82, 2.24) is 0 Å². The van der Waals surface area contributed by atoms with Gasteiger partial charge >= 0.3 is 0 Å². The van der Waals surface area contributed by atoms with E-state index >= 15 is 0 Å². The fourth-order valence-corrected chi connectivity index (χ4v) is 14.0. The van der Waals surface area contributed by atoms with E-state index in [-0.39, 0.29) is 38.1 Å². The minimum atomic E-state index is -2.22. The van der Waals surface area contributed by atoms with Gasteiger partial charge in [-0.15, -0.1) is 0 Å². The summed E-state index contributed by atoms with van der Waals surface area (Å²) >= 11 is 0. The van der Waals surface area contributed by atoms with Crippen LogP contribution in [0.3, 0.4) is 0 Å². The first-order chi connectivity index (χ1) is 52.5. The Balaban J connectivity index is 0.000000223. The van der Waals surface area contributed by atoms with Crippen molar-refractivity contribution in [2.24, 2.45) is 35.2 Å². The SMILES string of the molecule is CCC(C)(C)c1c[n+](C)c(-c2ccc(C)cc2C)cc1C.CCC(C)(C)c1c[n+](C)c(-c2ccccc2C)cc1C.CCC(C)(C)c1cc(-c2ccccc2C)[n+](C)cc1C(C)(C)C.[2H]C([2H])([2H])c1cc(-c2ccccc2C)[n+](C)cc1C(C)(C)CC.[2H]C([2H])([2H])c1ccc(-c2cc(C([2H])([2H])[2H])c(C(C)(C)CC)c[n+]2C)c(C)c1. The molecular formula is C100H140N5+5. The maximum atomic E-state index is 8.02. The summed E-state index contributed by atoms with van der Waals surface area (Å²) in [6.45, 7) is 50.8. The van der Waals surface area contributed by atoms with Crippen LogP contribution < -0.4 is 22.8 Å². The van der Waals surface area contributed by atoms with Gasteiger partial charge in [-0.1, -0.05) is 215 Å². The number of rotatable bonds is 15. The lowest BCUT2D eigenvalue weighted by Gasteiger charge is -2.31. The van der Waals surface area contributed by atoms with Crippen LogP contribution in [0, 0.1) is 75.9 Å². The molecule has 5 heterocycles. The highest BCUT2D eigenvalue weighted by Gasteiger charge is 2.34. The van der Waals surface area contributed by atoms with Crippen LogP contribution >= 0.6 is 0 Å². The summed E-state index contributed by atoms with van der Waals surface area (Å²) in [5.74, 6) is 0. The third-order valence-electron chi connectivity index (χ3n) is 23.1. The van der Waals surface area contributed by atoms with E-state index in [4.69, 9.17) is 12.3 Å². The Labute approximate surface area is 653 Å². The van der Waals surface area contributed by atoms with Crippen LogP contribution in [0.15, 0.2) is 171 Å². The number of aryl methyl sites for hydroxylation is 16. The Morgan fingerprint density at radius 3 is 0.771 bits per heavy atom. The maximum Gasteiger partial charge on any atom is 0.212 e. The van der Waals surface area contributed by atoms with Gasteiger partial charge in [-0.05, 0) is 227 Å². The van der Waals surface area contributed by atoms with Crippen LogP contribution in [0.5, 0.6) is 0 Å². The van der Waals surface area contributed by atoms with Crippen molar-refractivity contribution in [1.29, 1.82) is 0 Å². The Morgan fingerprint density at radius 1 is 0.248 bits per heavy atom. The molecule has 5 aromatic heterocycles. The average Bonchev–Trinajstić information content (AvgIpc) is 0.739. The van der Waals surface area contributed by atoms with Gasteiger partial charge in [-0.25, -0.2) is 22.8 Å². The highest BCUT2D eigenvalue weighted by atomic mass is 14.9. The third-order valence-corrected chi connectivity index (χ3v) is 23.1. The highest BCUT2D eigenvalue weighted by Crippen LogP contribution is 2.39. The first-order valence-electron chi connectivity index (χ1n) is 43.0. The molecule has 560 valence electrons. The van der Waals surface area contributed by atoms with Crippen molar-refractivity contribution < 1.29 is 35.2 Å². The Kier molecular flexibility index (Phi) is 24.2. The van der Waals surface area contributed by atoms with E-state index in [9.17, 15) is 0 Å². The van der Waals surface area contributed by atoms with Gasteiger partial charge in [0.1, 0.15) is 35.2 Å². The van der Waals surface area contributed by atoms with Gasteiger partial charge < -0.3 is 0 Å². The molecule has 0 saturated carbocycles. The molecule has 0 N–H and O–H groups in total. The maximum absolute atomic E-state index is 8.02. The average molecular weight is 1420 g/mol. The molecule has 0 fully saturated rings. The zero-order valence-corrected chi connectivity index (χ0v) is 70.9. The Hall–Kier alpha value is -8.15. The van der Waals surface area contributed by atoms with Crippen LogP contribution in [0.2, 0.25) is 0 Å². The van der Waals surface area contributed by atoms with Gasteiger partial charge in [-0.2, -0.15) is 0 Å². The second-order valence-electron chi connectivity index (χ2n) is 34.3. The van der Waals surface area contributed by atoms with E-state index in [1.807, 2.05) is 93.7 Å². The fraction of sp³-hybridized carbons (Fsp3) is 0.450. The lowest BCUT2D eigenvalue weighted by molar-refractivity contribution is -0.661. The quantitative estimate of drug-likeness (QED) is 0.0912. The predicted molar refractivity (Wildman–Crippen MR) is 453 cm³/mol. The fourth-order valence-electron chi connectivity index (χ4n) is 14.0. The zero-order chi connectivity index (χ0) is 86.3. The monoisotopic (exact) mass is 1420 g/mol. The predicted octanol–water partition coefficient (Wildman–Crippen LogP) is 24.0. The van der Waals surface area contributed by atoms with E-state index in [2.05, 4.69) is 291 Å². The molecule has 5 heteroatoms. The Bertz CT molecular complexity index is 5010. The van der Waals surface area contributed by atoms with Crippen molar-refractivity contribution >= 4 is 0 Å². The minimum Gasteiger partial charge on any atom is -0.201 e. The van der Waals surface area contributed by atoms with E-state index in [0.717, 1.165) is 76.9 Å². The molecule has 0 radical (unpaired) electrons. The Morgan fingerprint density at radius 2 is 0.495 bits per heavy atom. The van der Waals surface area contributed by atoms with Crippen LogP contribution in [-0.2, 0) is 67.7 Å². The summed E-state index contributed by atoms with van der Waals surface area (Å²) in [7, 11) is 10.4. The van der Waals surface area contributed by atoms with Gasteiger partial charge in [0, 0.05) is 98.3 Å². The molecule has 0 amide bonds. The number of nitrogens with zero attached hydrogens (tertiary/aromatic N) is 5. The summed E-state index contributed by atoms with van der Waals surface area (Å²) in [6, 6.07) is 47.7. The molecule has 0 atom stereocenters. The van der Waals surface area contributed by atoms with Crippen molar-refractivity contribution in [3.63, 3.8) is 0 Å². The summed E-state index contributed by atoms with van der Waals surface area (Å²) in [5, 5.41) is 0. The molecule has 105 heavy (non-hydrogen) atoms. The number of pyridine rings is 5. The van der Waals surface area contributed by atoms with E-state index in [1.54, 1.807) is 24.3 Å². The number of aromatic nitrogens is 5. The molecule has 10 rings (SSSR count). The highest BCUT2D eigenvalue weighted by molar-refractivity contribution is 5.66. The van der Waals surface area contributed by atoms with Crippen molar-refractivity contribution in [3.05, 3.63) is 265 Å². The summed E-state index contributed by atoms with van der Waals surface area (Å²) in [6.07, 6.45) is 16.0. The van der Waals surface area contributed by atoms with Crippen molar-refractivity contribution in [2.45, 2.75) is 265 Å². The second kappa shape index (κ2) is 35.1.